The molecule has 7 rings (SSSR count). The van der Waals surface area contributed by atoms with Crippen molar-refractivity contribution < 1.29 is 19.2 Å². The van der Waals surface area contributed by atoms with E-state index in [9.17, 15) is 19.2 Å². The molecule has 2 heterocycles. The fourth-order valence-electron chi connectivity index (χ4n) is 7.15. The van der Waals surface area contributed by atoms with Crippen molar-refractivity contribution in [3.8, 4) is 0 Å². The Morgan fingerprint density at radius 1 is 0.615 bits per heavy atom. The lowest BCUT2D eigenvalue weighted by molar-refractivity contribution is -0.122. The molecule has 3 fully saturated rings. The van der Waals surface area contributed by atoms with E-state index in [0.29, 0.717) is 22.5 Å². The smallest absolute Gasteiger partial charge is 0.266 e. The number of nitrogens with zero attached hydrogens (tertiary/aromatic N) is 2. The summed E-state index contributed by atoms with van der Waals surface area (Å²) >= 11 is 40.3. The van der Waals surface area contributed by atoms with Crippen LogP contribution < -0.4 is 9.80 Å². The van der Waals surface area contributed by atoms with Gasteiger partial charge in [0.15, 0.2) is 4.33 Å². The van der Waals surface area contributed by atoms with Gasteiger partial charge in [-0.1, -0.05) is 58.5 Å². The lowest BCUT2D eigenvalue weighted by atomic mass is 9.65. The summed E-state index contributed by atoms with van der Waals surface area (Å²) in [5, 5.41) is 0.144. The average Bonchev–Trinajstić information content (AvgIpc) is 3.41. The number of rotatable bonds is 2. The number of hydrogen-bond acceptors (Lipinski definition) is 4. The van der Waals surface area contributed by atoms with Crippen molar-refractivity contribution in [2.45, 2.75) is 26.9 Å². The molecular weight excluding hydrogens is 629 g/mol. The van der Waals surface area contributed by atoms with Crippen LogP contribution in [0, 0.1) is 23.7 Å². The molecule has 2 aromatic rings. The second-order valence-electron chi connectivity index (χ2n) is 10.5. The number of carbonyl (C=O) groups excluding carboxylic acids is 4. The van der Waals surface area contributed by atoms with Crippen molar-refractivity contribution in [1.82, 2.24) is 0 Å². The second kappa shape index (κ2) is 8.15. The monoisotopic (exact) mass is 642 g/mol. The molecule has 6 nitrogen and oxygen atoms in total. The van der Waals surface area contributed by atoms with Gasteiger partial charge in [-0.25, -0.2) is 4.90 Å². The van der Waals surface area contributed by atoms with Crippen molar-refractivity contribution in [1.29, 1.82) is 0 Å². The minimum Gasteiger partial charge on any atom is -0.274 e. The van der Waals surface area contributed by atoms with Crippen LogP contribution >= 0.6 is 69.6 Å². The molecule has 5 aliphatic rings. The number of anilines is 2. The Hall–Kier alpha value is -1.80. The SMILES string of the molecule is O=C1c2ccccc2C(=O)N1c1ccc(N2C(=O)[C@H]3C[C@H]4[C@@H](C[C@H]3C2=O)[C@@]2(Cl)C(Cl)=C(Cl)[C@@]4(Cl)C2(Cl)Cl)cc1. The number of allylic oxidation sites excluding steroid dienone is 2. The van der Waals surface area contributed by atoms with Gasteiger partial charge in [-0.15, -0.1) is 23.2 Å². The molecule has 2 saturated carbocycles. The highest BCUT2D eigenvalue weighted by atomic mass is 35.5. The van der Waals surface area contributed by atoms with Gasteiger partial charge in [0, 0.05) is 0 Å². The molecule has 1 saturated heterocycles. The summed E-state index contributed by atoms with van der Waals surface area (Å²) in [6.07, 6.45) is 0.423. The van der Waals surface area contributed by atoms with Gasteiger partial charge < -0.3 is 0 Å². The molecular formula is C27H16Cl6N2O4. The number of imide groups is 2. The van der Waals surface area contributed by atoms with E-state index in [1.807, 2.05) is 0 Å². The van der Waals surface area contributed by atoms with Crippen LogP contribution in [-0.4, -0.2) is 37.7 Å². The molecule has 2 aliphatic heterocycles. The van der Waals surface area contributed by atoms with E-state index in [1.54, 1.807) is 36.4 Å². The van der Waals surface area contributed by atoms with Crippen molar-refractivity contribution in [2.24, 2.45) is 23.7 Å². The molecule has 200 valence electrons. The van der Waals surface area contributed by atoms with Crippen LogP contribution in [0.1, 0.15) is 33.6 Å². The maximum Gasteiger partial charge on any atom is 0.266 e. The zero-order valence-electron chi connectivity index (χ0n) is 19.6. The Morgan fingerprint density at radius 3 is 1.41 bits per heavy atom. The Balaban J connectivity index is 1.18. The highest BCUT2D eigenvalue weighted by Crippen LogP contribution is 2.79. The van der Waals surface area contributed by atoms with Crippen LogP contribution in [0.25, 0.3) is 0 Å². The second-order valence-corrected chi connectivity index (χ2v) is 13.8. The molecule has 4 amide bonds. The van der Waals surface area contributed by atoms with E-state index >= 15 is 0 Å². The van der Waals surface area contributed by atoms with E-state index in [1.165, 1.54) is 12.1 Å². The number of halogens is 6. The van der Waals surface area contributed by atoms with Gasteiger partial charge in [0.25, 0.3) is 11.8 Å². The summed E-state index contributed by atoms with van der Waals surface area (Å²) in [7, 11) is 0. The Kier molecular flexibility index (Phi) is 5.46. The summed E-state index contributed by atoms with van der Waals surface area (Å²) in [6.45, 7) is 0. The first-order valence-electron chi connectivity index (χ1n) is 12.1. The van der Waals surface area contributed by atoms with E-state index in [2.05, 4.69) is 0 Å². The molecule has 0 radical (unpaired) electrons. The summed E-state index contributed by atoms with van der Waals surface area (Å²) in [5.74, 6) is -3.93. The summed E-state index contributed by atoms with van der Waals surface area (Å²) < 4.78 is -1.73. The molecule has 12 heteroatoms. The first-order valence-corrected chi connectivity index (χ1v) is 14.4. The Bertz CT molecular complexity index is 1490. The van der Waals surface area contributed by atoms with Gasteiger partial charge in [0.1, 0.15) is 9.75 Å². The van der Waals surface area contributed by atoms with E-state index < -0.39 is 49.6 Å². The van der Waals surface area contributed by atoms with Crippen molar-refractivity contribution >= 4 is 105 Å². The third kappa shape index (κ3) is 2.88. The van der Waals surface area contributed by atoms with E-state index in [0.717, 1.165) is 9.80 Å². The molecule has 0 spiro atoms. The third-order valence-electron chi connectivity index (χ3n) is 8.99. The van der Waals surface area contributed by atoms with Crippen LogP contribution in [0.4, 0.5) is 11.4 Å². The number of carbonyl (C=O) groups is 4. The summed E-state index contributed by atoms with van der Waals surface area (Å²) in [5.41, 5.74) is 1.30. The van der Waals surface area contributed by atoms with Gasteiger partial charge in [-0.05, 0) is 61.1 Å². The van der Waals surface area contributed by atoms with Gasteiger partial charge in [-0.3, -0.25) is 24.1 Å². The Labute approximate surface area is 252 Å². The topological polar surface area (TPSA) is 74.8 Å². The number of fused-ring (bicyclic) bond motifs is 7. The predicted octanol–water partition coefficient (Wildman–Crippen LogP) is 6.46. The zero-order valence-corrected chi connectivity index (χ0v) is 24.2. The van der Waals surface area contributed by atoms with Gasteiger partial charge in [0.2, 0.25) is 11.8 Å². The molecule has 3 aliphatic carbocycles. The quantitative estimate of drug-likeness (QED) is 0.278. The van der Waals surface area contributed by atoms with Crippen LogP contribution in [0.2, 0.25) is 0 Å². The number of hydrogen-bond donors (Lipinski definition) is 0. The first-order chi connectivity index (χ1) is 18.4. The van der Waals surface area contributed by atoms with Crippen LogP contribution in [0.3, 0.4) is 0 Å². The van der Waals surface area contributed by atoms with Crippen LogP contribution in [0.15, 0.2) is 58.6 Å². The predicted molar refractivity (Wildman–Crippen MR) is 150 cm³/mol. The van der Waals surface area contributed by atoms with Gasteiger partial charge in [-0.2, -0.15) is 0 Å². The van der Waals surface area contributed by atoms with Crippen LogP contribution in [-0.2, 0) is 9.59 Å². The maximum absolute atomic E-state index is 13.6. The van der Waals surface area contributed by atoms with E-state index in [-0.39, 0.29) is 34.7 Å². The number of amides is 4. The molecule has 0 aromatic heterocycles. The molecule has 6 atom stereocenters. The molecule has 0 unspecified atom stereocenters. The Morgan fingerprint density at radius 2 is 1.00 bits per heavy atom. The zero-order chi connectivity index (χ0) is 27.8. The molecule has 0 N–H and O–H groups in total. The first kappa shape index (κ1) is 26.1. The van der Waals surface area contributed by atoms with Crippen LogP contribution in [0.5, 0.6) is 0 Å². The third-order valence-corrected chi connectivity index (χ3v) is 13.3. The highest BCUT2D eigenvalue weighted by molar-refractivity contribution is 6.65. The molecule has 39 heavy (non-hydrogen) atoms. The minimum absolute atomic E-state index is 0.0721. The molecule has 2 bridgehead atoms. The summed E-state index contributed by atoms with van der Waals surface area (Å²) in [6, 6.07) is 12.7. The van der Waals surface area contributed by atoms with Crippen molar-refractivity contribution in [2.75, 3.05) is 9.80 Å². The lowest BCUT2D eigenvalue weighted by Gasteiger charge is -2.42. The fourth-order valence-corrected chi connectivity index (χ4v) is 10.3. The summed E-state index contributed by atoms with van der Waals surface area (Å²) in [4.78, 5) is 52.1. The van der Waals surface area contributed by atoms with Crippen molar-refractivity contribution in [3.63, 3.8) is 0 Å². The maximum atomic E-state index is 13.6. The number of benzene rings is 2. The van der Waals surface area contributed by atoms with Gasteiger partial charge >= 0.3 is 0 Å². The number of alkyl halides is 4. The minimum atomic E-state index is -1.73. The standard InChI is InChI=1S/C27H16Cl6N2O4/c28-19-20(29)26(31)18-10-16-15(9-17(18)25(19,30)27(26,32)33)23(38)35(24(16)39)12-7-5-11(6-8-12)34-21(36)13-3-1-2-4-14(13)22(34)37/h1-8,15-18H,9-10H2/t15-,16+,17-,18+,25-,26-/m1/s1. The average molecular weight is 645 g/mol. The van der Waals surface area contributed by atoms with E-state index in [4.69, 9.17) is 69.6 Å². The largest absolute Gasteiger partial charge is 0.274 e. The fraction of sp³-hybridized carbons (Fsp3) is 0.333. The highest BCUT2D eigenvalue weighted by Gasteiger charge is 2.83. The van der Waals surface area contributed by atoms with Gasteiger partial charge in [0.05, 0.1) is 44.4 Å². The molecule has 2 aromatic carbocycles. The lowest BCUT2D eigenvalue weighted by Crippen LogP contribution is -2.44. The van der Waals surface area contributed by atoms with Crippen molar-refractivity contribution in [3.05, 3.63) is 69.7 Å². The normalized spacial score (nSPS) is 36.2.